The third-order valence-electron chi connectivity index (χ3n) is 12.7. The second-order valence-corrected chi connectivity index (χ2v) is 15.0. The maximum absolute atomic E-state index is 14.4. The Morgan fingerprint density at radius 1 is 1.00 bits per heavy atom. The molecule has 7 atom stereocenters. The van der Waals surface area contributed by atoms with E-state index in [1.807, 2.05) is 12.2 Å². The number of carbonyl (C=O) groups is 3. The average Bonchev–Trinajstić information content (AvgIpc) is 3.60. The minimum atomic E-state index is -0.454. The summed E-state index contributed by atoms with van der Waals surface area (Å²) in [5, 5.41) is 13.3. The Labute approximate surface area is 221 Å². The number of Topliss-reactive ketones (excluding diaryl/α,β-unsaturated/α-hetero) is 1. The largest absolute Gasteiger partial charge is 0.351 e. The summed E-state index contributed by atoms with van der Waals surface area (Å²) >= 11 is 0. The zero-order valence-corrected chi connectivity index (χ0v) is 23.4. The van der Waals surface area contributed by atoms with Gasteiger partial charge in [-0.25, -0.2) is 0 Å². The van der Waals surface area contributed by atoms with Crippen LogP contribution in [0.1, 0.15) is 99.3 Å². The van der Waals surface area contributed by atoms with Gasteiger partial charge in [0.2, 0.25) is 5.91 Å². The lowest BCUT2D eigenvalue weighted by Gasteiger charge is -2.69. The first kappa shape index (κ1) is 25.1. The molecule has 0 aliphatic heterocycles. The van der Waals surface area contributed by atoms with Gasteiger partial charge in [0.05, 0.1) is 5.57 Å². The van der Waals surface area contributed by atoms with Crippen LogP contribution < -0.4 is 5.32 Å². The van der Waals surface area contributed by atoms with E-state index in [-0.39, 0.29) is 57.0 Å². The summed E-state index contributed by atoms with van der Waals surface area (Å²) in [5.41, 5.74) is -0.0196. The van der Waals surface area contributed by atoms with Crippen molar-refractivity contribution in [3.63, 3.8) is 0 Å². The number of nitrogens with one attached hydrogen (secondary N) is 1. The molecule has 0 aromatic heterocycles. The Balaban J connectivity index is 1.51. The number of carbonyl (C=O) groups excluding carboxylic acids is 3. The first-order valence-corrected chi connectivity index (χ1v) is 14.4. The molecule has 1 spiro atoms. The van der Waals surface area contributed by atoms with Gasteiger partial charge in [-0.15, -0.1) is 0 Å². The molecule has 0 aromatic carbocycles. The normalized spacial score (nSPS) is 46.8. The molecule has 0 bridgehead atoms. The molecule has 6 rings (SSSR count). The fourth-order valence-corrected chi connectivity index (χ4v) is 10.6. The molecule has 4 fully saturated rings. The van der Waals surface area contributed by atoms with Gasteiger partial charge in [0, 0.05) is 29.2 Å². The quantitative estimate of drug-likeness (QED) is 0.487. The van der Waals surface area contributed by atoms with Crippen LogP contribution in [0.3, 0.4) is 0 Å². The van der Waals surface area contributed by atoms with Gasteiger partial charge in [0.25, 0.3) is 0 Å². The highest BCUT2D eigenvalue weighted by atomic mass is 16.1. The number of fused-ring (bicyclic) bond motifs is 8. The fourth-order valence-electron chi connectivity index (χ4n) is 10.6. The second kappa shape index (κ2) is 7.25. The SMILES string of the molecule is CC(=O)N[C@]12CCC(C)(C)C[C@H]1[C@H]1C(=O)C=C3[C@@]4(C)C=C(C#N)C(=O)C5(CC5)[C@@H]4CC[C@@]3(C)[C@]1(C)CC2. The summed E-state index contributed by atoms with van der Waals surface area (Å²) in [6.45, 7) is 13.1. The van der Waals surface area contributed by atoms with Crippen molar-refractivity contribution < 1.29 is 14.4 Å². The summed E-state index contributed by atoms with van der Waals surface area (Å²) in [7, 11) is 0. The molecular formula is C32H42N2O3. The van der Waals surface area contributed by atoms with E-state index in [2.05, 4.69) is 46.0 Å². The molecule has 37 heavy (non-hydrogen) atoms. The Bertz CT molecular complexity index is 1230. The van der Waals surface area contributed by atoms with Crippen molar-refractivity contribution in [1.29, 1.82) is 5.26 Å². The van der Waals surface area contributed by atoms with Gasteiger partial charge in [0.1, 0.15) is 6.07 Å². The van der Waals surface area contributed by atoms with Crippen LogP contribution in [-0.2, 0) is 14.4 Å². The highest BCUT2D eigenvalue weighted by Crippen LogP contribution is 2.76. The highest BCUT2D eigenvalue weighted by Gasteiger charge is 2.72. The number of hydrogen-bond acceptors (Lipinski definition) is 4. The maximum atomic E-state index is 14.4. The summed E-state index contributed by atoms with van der Waals surface area (Å²) in [6, 6.07) is 2.22. The van der Waals surface area contributed by atoms with Gasteiger partial charge in [-0.3, -0.25) is 14.4 Å². The lowest BCUT2D eigenvalue weighted by atomic mass is 9.35. The predicted molar refractivity (Wildman–Crippen MR) is 141 cm³/mol. The molecule has 1 amide bonds. The van der Waals surface area contributed by atoms with Crippen molar-refractivity contribution in [1.82, 2.24) is 5.32 Å². The summed E-state index contributed by atoms with van der Waals surface area (Å²) in [4.78, 5) is 40.1. The van der Waals surface area contributed by atoms with Crippen LogP contribution in [0.4, 0.5) is 0 Å². The van der Waals surface area contributed by atoms with E-state index in [0.29, 0.717) is 5.57 Å². The lowest BCUT2D eigenvalue weighted by Crippen LogP contribution is -2.69. The van der Waals surface area contributed by atoms with E-state index in [4.69, 9.17) is 0 Å². The van der Waals surface area contributed by atoms with Gasteiger partial charge in [-0.2, -0.15) is 5.26 Å². The maximum Gasteiger partial charge on any atom is 0.217 e. The number of allylic oxidation sites excluding steroid dienone is 4. The average molecular weight is 503 g/mol. The topological polar surface area (TPSA) is 87.0 Å². The third-order valence-corrected chi connectivity index (χ3v) is 12.7. The Morgan fingerprint density at radius 2 is 1.68 bits per heavy atom. The number of hydrogen-bond donors (Lipinski definition) is 1. The molecule has 1 N–H and O–H groups in total. The van der Waals surface area contributed by atoms with Crippen LogP contribution >= 0.6 is 0 Å². The molecule has 0 radical (unpaired) electrons. The first-order valence-electron chi connectivity index (χ1n) is 14.4. The smallest absolute Gasteiger partial charge is 0.217 e. The molecule has 0 heterocycles. The molecule has 0 saturated heterocycles. The third kappa shape index (κ3) is 2.99. The number of ketones is 2. The molecule has 5 heteroatoms. The zero-order valence-electron chi connectivity index (χ0n) is 23.4. The molecule has 5 nitrogen and oxygen atoms in total. The molecule has 0 unspecified atom stereocenters. The van der Waals surface area contributed by atoms with Crippen molar-refractivity contribution in [3.05, 3.63) is 23.3 Å². The van der Waals surface area contributed by atoms with Crippen LogP contribution in [0.25, 0.3) is 0 Å². The van der Waals surface area contributed by atoms with Gasteiger partial charge in [-0.1, -0.05) is 46.3 Å². The number of amides is 1. The molecule has 6 aliphatic rings. The predicted octanol–water partition coefficient (Wildman–Crippen LogP) is 5.85. The first-order chi connectivity index (χ1) is 17.2. The van der Waals surface area contributed by atoms with E-state index >= 15 is 0 Å². The Kier molecular flexibility index (Phi) is 4.91. The minimum Gasteiger partial charge on any atom is -0.351 e. The molecule has 198 valence electrons. The van der Waals surface area contributed by atoms with E-state index < -0.39 is 10.8 Å². The number of nitrogens with zero attached hydrogens (tertiary/aromatic N) is 1. The standard InChI is InChI=1S/C32H42N2O3/c1-19(35)34-32-13-9-27(2,3)17-21(32)25-22(36)15-24-28(4)16-20(18-33)26(37)31(11-12-31)23(28)7-8-29(24,5)30(25,6)10-14-32/h15-16,21,23,25H,7-14,17H2,1-6H3,(H,34,35)/t21-,23+,25-,28-,29+,30+,32-/m0/s1. The number of rotatable bonds is 1. The highest BCUT2D eigenvalue weighted by molar-refractivity contribution is 6.06. The van der Waals surface area contributed by atoms with Gasteiger partial charge < -0.3 is 5.32 Å². The summed E-state index contributed by atoms with van der Waals surface area (Å²) in [5.74, 6) is 0.369. The van der Waals surface area contributed by atoms with Crippen LogP contribution in [0.15, 0.2) is 23.3 Å². The van der Waals surface area contributed by atoms with Crippen LogP contribution in [-0.4, -0.2) is 23.0 Å². The van der Waals surface area contributed by atoms with E-state index in [0.717, 1.165) is 63.4 Å². The lowest BCUT2D eigenvalue weighted by molar-refractivity contribution is -0.162. The molecule has 0 aromatic rings. The second-order valence-electron chi connectivity index (χ2n) is 15.0. The van der Waals surface area contributed by atoms with Gasteiger partial charge in [0.15, 0.2) is 11.6 Å². The van der Waals surface area contributed by atoms with Crippen molar-refractivity contribution in [2.24, 2.45) is 44.8 Å². The van der Waals surface area contributed by atoms with Crippen molar-refractivity contribution in [2.45, 2.75) is 105 Å². The Morgan fingerprint density at radius 3 is 2.30 bits per heavy atom. The van der Waals surface area contributed by atoms with E-state index in [9.17, 15) is 19.6 Å². The summed E-state index contributed by atoms with van der Waals surface area (Å²) in [6.07, 6.45) is 12.3. The summed E-state index contributed by atoms with van der Waals surface area (Å²) < 4.78 is 0. The molecular weight excluding hydrogens is 460 g/mol. The van der Waals surface area contributed by atoms with Gasteiger partial charge >= 0.3 is 0 Å². The van der Waals surface area contributed by atoms with E-state index in [1.54, 1.807) is 6.92 Å². The van der Waals surface area contributed by atoms with Gasteiger partial charge in [-0.05, 0) is 91.9 Å². The van der Waals surface area contributed by atoms with E-state index in [1.165, 1.54) is 0 Å². The fraction of sp³-hybridized carbons (Fsp3) is 0.750. The van der Waals surface area contributed by atoms with Crippen LogP contribution in [0, 0.1) is 56.2 Å². The zero-order chi connectivity index (χ0) is 26.8. The monoisotopic (exact) mass is 502 g/mol. The van der Waals surface area contributed by atoms with Crippen LogP contribution in [0.2, 0.25) is 0 Å². The van der Waals surface area contributed by atoms with Crippen molar-refractivity contribution in [3.8, 4) is 6.07 Å². The van der Waals surface area contributed by atoms with Crippen molar-refractivity contribution >= 4 is 17.5 Å². The Hall–Kier alpha value is -2.22. The minimum absolute atomic E-state index is 0.00260. The molecule has 4 saturated carbocycles. The number of nitriles is 1. The molecule has 6 aliphatic carbocycles. The van der Waals surface area contributed by atoms with Crippen LogP contribution in [0.5, 0.6) is 0 Å². The van der Waals surface area contributed by atoms with Crippen molar-refractivity contribution in [2.75, 3.05) is 0 Å².